The molecule has 0 aliphatic rings. The van der Waals surface area contributed by atoms with Crippen molar-refractivity contribution in [3.05, 3.63) is 47.5 Å². The Balaban J connectivity index is 2.38. The third-order valence-corrected chi connectivity index (χ3v) is 2.96. The Morgan fingerprint density at radius 3 is 2.84 bits per heavy atom. The van der Waals surface area contributed by atoms with Crippen LogP contribution in [0, 0.1) is 6.92 Å². The number of carboxylic acid groups (broad SMARTS) is 1. The summed E-state index contributed by atoms with van der Waals surface area (Å²) in [6.07, 6.45) is 3.23. The summed E-state index contributed by atoms with van der Waals surface area (Å²) in [6, 6.07) is 5.37. The number of aryl methyl sites for hydroxylation is 1. The molecule has 2 rings (SSSR count). The lowest BCUT2D eigenvalue weighted by molar-refractivity contribution is 0.0696. The Morgan fingerprint density at radius 2 is 2.26 bits per heavy atom. The van der Waals surface area contributed by atoms with E-state index in [-0.39, 0.29) is 5.56 Å². The minimum atomic E-state index is -0.960. The van der Waals surface area contributed by atoms with Crippen molar-refractivity contribution < 1.29 is 14.3 Å². The molecule has 2 heterocycles. The largest absolute Gasteiger partial charge is 0.478 e. The molecule has 0 unspecified atom stereocenters. The summed E-state index contributed by atoms with van der Waals surface area (Å²) in [4.78, 5) is 17.5. The lowest BCUT2D eigenvalue weighted by atomic mass is 10.1. The highest BCUT2D eigenvalue weighted by molar-refractivity contribution is 5.94. The lowest BCUT2D eigenvalue weighted by Crippen LogP contribution is -2.25. The Hall–Kier alpha value is -2.30. The predicted molar refractivity (Wildman–Crippen MR) is 71.4 cm³/mol. The van der Waals surface area contributed by atoms with E-state index in [2.05, 4.69) is 4.98 Å². The van der Waals surface area contributed by atoms with Gasteiger partial charge >= 0.3 is 5.97 Å². The Labute approximate surface area is 111 Å². The van der Waals surface area contributed by atoms with Crippen LogP contribution >= 0.6 is 0 Å². The average molecular weight is 260 g/mol. The number of carbonyl (C=O) groups is 1. The van der Waals surface area contributed by atoms with E-state index in [1.54, 1.807) is 25.5 Å². The van der Waals surface area contributed by atoms with Crippen LogP contribution in [0.1, 0.15) is 28.6 Å². The van der Waals surface area contributed by atoms with E-state index < -0.39 is 5.97 Å². The number of aromatic nitrogens is 1. The van der Waals surface area contributed by atoms with Crippen LogP contribution in [0.5, 0.6) is 0 Å². The number of nitrogens with zero attached hydrogens (tertiary/aromatic N) is 2. The van der Waals surface area contributed by atoms with Crippen LogP contribution in [-0.4, -0.2) is 22.6 Å². The molecular formula is C14H16N2O3. The van der Waals surface area contributed by atoms with Gasteiger partial charge in [0, 0.05) is 12.7 Å². The summed E-state index contributed by atoms with van der Waals surface area (Å²) in [5, 5.41) is 9.33. The van der Waals surface area contributed by atoms with Crippen molar-refractivity contribution in [3.8, 4) is 0 Å². The Kier molecular flexibility index (Phi) is 3.85. The van der Waals surface area contributed by atoms with Crippen LogP contribution < -0.4 is 4.90 Å². The Morgan fingerprint density at radius 1 is 1.47 bits per heavy atom. The highest BCUT2D eigenvalue weighted by atomic mass is 16.4. The van der Waals surface area contributed by atoms with Crippen molar-refractivity contribution in [3.63, 3.8) is 0 Å². The number of aromatic carboxylic acids is 1. The van der Waals surface area contributed by atoms with Crippen LogP contribution in [0.15, 0.2) is 35.1 Å². The van der Waals surface area contributed by atoms with Gasteiger partial charge in [0.25, 0.3) is 0 Å². The minimum Gasteiger partial charge on any atom is -0.478 e. The van der Waals surface area contributed by atoms with Gasteiger partial charge in [-0.3, -0.25) is 0 Å². The molecule has 0 saturated heterocycles. The van der Waals surface area contributed by atoms with Gasteiger partial charge in [-0.05, 0) is 37.6 Å². The SMILES string of the molecule is CCN(Cc1ccco1)c1nccc(C)c1C(=O)O. The van der Waals surface area contributed by atoms with Crippen molar-refractivity contribution in [1.82, 2.24) is 4.98 Å². The van der Waals surface area contributed by atoms with Gasteiger partial charge in [-0.1, -0.05) is 0 Å². The number of rotatable bonds is 5. The van der Waals surface area contributed by atoms with Crippen LogP contribution in [0.25, 0.3) is 0 Å². The minimum absolute atomic E-state index is 0.246. The monoisotopic (exact) mass is 260 g/mol. The van der Waals surface area contributed by atoms with Gasteiger partial charge in [0.1, 0.15) is 17.1 Å². The predicted octanol–water partition coefficient (Wildman–Crippen LogP) is 2.71. The first-order valence-corrected chi connectivity index (χ1v) is 6.09. The van der Waals surface area contributed by atoms with Gasteiger partial charge in [0.2, 0.25) is 0 Å². The van der Waals surface area contributed by atoms with Gasteiger partial charge in [-0.25, -0.2) is 9.78 Å². The third-order valence-electron chi connectivity index (χ3n) is 2.96. The molecule has 0 radical (unpaired) electrons. The molecular weight excluding hydrogens is 244 g/mol. The van der Waals surface area contributed by atoms with E-state index >= 15 is 0 Å². The van der Waals surface area contributed by atoms with E-state index in [9.17, 15) is 9.90 Å². The summed E-state index contributed by atoms with van der Waals surface area (Å²) < 4.78 is 5.30. The Bertz CT molecular complexity index is 564. The fraction of sp³-hybridized carbons (Fsp3) is 0.286. The molecule has 0 saturated carbocycles. The van der Waals surface area contributed by atoms with Gasteiger partial charge in [0.05, 0.1) is 12.8 Å². The average Bonchev–Trinajstić information content (AvgIpc) is 2.88. The molecule has 0 aromatic carbocycles. The van der Waals surface area contributed by atoms with Crippen molar-refractivity contribution in [2.24, 2.45) is 0 Å². The zero-order chi connectivity index (χ0) is 13.8. The summed E-state index contributed by atoms with van der Waals surface area (Å²) in [6.45, 7) is 4.88. The van der Waals surface area contributed by atoms with E-state index in [0.717, 1.165) is 5.76 Å². The number of hydrogen-bond acceptors (Lipinski definition) is 4. The molecule has 19 heavy (non-hydrogen) atoms. The van der Waals surface area contributed by atoms with Crippen molar-refractivity contribution in [2.45, 2.75) is 20.4 Å². The second kappa shape index (κ2) is 5.56. The van der Waals surface area contributed by atoms with E-state index in [4.69, 9.17) is 4.42 Å². The van der Waals surface area contributed by atoms with Gasteiger partial charge in [0.15, 0.2) is 0 Å². The standard InChI is InChI=1S/C14H16N2O3/c1-3-16(9-11-5-4-8-19-11)13-12(14(17)18)10(2)6-7-15-13/h4-8H,3,9H2,1-2H3,(H,17,18). The fourth-order valence-electron chi connectivity index (χ4n) is 1.98. The maximum Gasteiger partial charge on any atom is 0.339 e. The third kappa shape index (κ3) is 2.76. The highest BCUT2D eigenvalue weighted by Crippen LogP contribution is 2.22. The summed E-state index contributed by atoms with van der Waals surface area (Å²) in [5.41, 5.74) is 0.950. The number of pyridine rings is 1. The van der Waals surface area contributed by atoms with Crippen molar-refractivity contribution in [1.29, 1.82) is 0 Å². The zero-order valence-electron chi connectivity index (χ0n) is 11.0. The molecule has 0 fully saturated rings. The van der Waals surface area contributed by atoms with E-state index in [1.165, 1.54) is 0 Å². The summed E-state index contributed by atoms with van der Waals surface area (Å²) >= 11 is 0. The molecule has 0 atom stereocenters. The lowest BCUT2D eigenvalue weighted by Gasteiger charge is -2.23. The summed E-state index contributed by atoms with van der Waals surface area (Å²) in [5.74, 6) is 0.298. The van der Waals surface area contributed by atoms with Crippen LogP contribution in [-0.2, 0) is 6.54 Å². The number of hydrogen-bond donors (Lipinski definition) is 1. The van der Waals surface area contributed by atoms with Crippen LogP contribution in [0.2, 0.25) is 0 Å². The number of anilines is 1. The van der Waals surface area contributed by atoms with E-state index in [1.807, 2.05) is 24.0 Å². The van der Waals surface area contributed by atoms with Crippen LogP contribution in [0.3, 0.4) is 0 Å². The topological polar surface area (TPSA) is 66.6 Å². The molecule has 0 aliphatic heterocycles. The molecule has 0 amide bonds. The molecule has 1 N–H and O–H groups in total. The smallest absolute Gasteiger partial charge is 0.339 e. The highest BCUT2D eigenvalue weighted by Gasteiger charge is 2.19. The molecule has 2 aromatic rings. The molecule has 5 nitrogen and oxygen atoms in total. The number of furan rings is 1. The molecule has 0 aliphatic carbocycles. The maximum absolute atomic E-state index is 11.4. The summed E-state index contributed by atoms with van der Waals surface area (Å²) in [7, 11) is 0. The maximum atomic E-state index is 11.4. The fourth-order valence-corrected chi connectivity index (χ4v) is 1.98. The molecule has 5 heteroatoms. The second-order valence-corrected chi connectivity index (χ2v) is 4.23. The normalized spacial score (nSPS) is 10.4. The molecule has 0 spiro atoms. The number of carboxylic acids is 1. The first-order chi connectivity index (χ1) is 9.13. The quantitative estimate of drug-likeness (QED) is 0.895. The van der Waals surface area contributed by atoms with Gasteiger partial charge < -0.3 is 14.4 Å². The van der Waals surface area contributed by atoms with E-state index in [0.29, 0.717) is 24.5 Å². The van der Waals surface area contributed by atoms with Crippen molar-refractivity contribution >= 4 is 11.8 Å². The van der Waals surface area contributed by atoms with Crippen molar-refractivity contribution in [2.75, 3.05) is 11.4 Å². The first-order valence-electron chi connectivity index (χ1n) is 6.09. The zero-order valence-corrected chi connectivity index (χ0v) is 11.0. The first kappa shape index (κ1) is 13.1. The van der Waals surface area contributed by atoms with Gasteiger partial charge in [-0.2, -0.15) is 0 Å². The van der Waals surface area contributed by atoms with Gasteiger partial charge in [-0.15, -0.1) is 0 Å². The molecule has 100 valence electrons. The van der Waals surface area contributed by atoms with Crippen LogP contribution in [0.4, 0.5) is 5.82 Å². The second-order valence-electron chi connectivity index (χ2n) is 4.23. The molecule has 0 bridgehead atoms. The molecule has 2 aromatic heterocycles.